The fourth-order valence-electron chi connectivity index (χ4n) is 2.76. The number of nitrogens with zero attached hydrogens (tertiary/aromatic N) is 1. The minimum absolute atomic E-state index is 0.828. The van der Waals surface area contributed by atoms with Gasteiger partial charge >= 0.3 is 0 Å². The van der Waals surface area contributed by atoms with E-state index in [1.54, 1.807) is 0 Å². The van der Waals surface area contributed by atoms with Crippen molar-refractivity contribution >= 4 is 11.6 Å². The van der Waals surface area contributed by atoms with Crippen LogP contribution in [-0.2, 0) is 0 Å². The summed E-state index contributed by atoms with van der Waals surface area (Å²) in [4.78, 5) is 2.70. The van der Waals surface area contributed by atoms with Crippen LogP contribution in [0.1, 0.15) is 52.4 Å². The SMILES string of the molecule is CCCC(C)CN1CCCC1CCCCl. The molecule has 0 radical (unpaired) electrons. The van der Waals surface area contributed by atoms with Gasteiger partial charge in [-0.1, -0.05) is 20.3 Å². The van der Waals surface area contributed by atoms with Crippen molar-refractivity contribution in [2.45, 2.75) is 58.4 Å². The molecular weight excluding hydrogens is 206 g/mol. The molecule has 0 spiro atoms. The van der Waals surface area contributed by atoms with Crippen LogP contribution in [-0.4, -0.2) is 29.9 Å². The van der Waals surface area contributed by atoms with Crippen molar-refractivity contribution in [2.24, 2.45) is 5.92 Å². The molecule has 1 aliphatic heterocycles. The smallest absolute Gasteiger partial charge is 0.0224 e. The fourth-order valence-corrected chi connectivity index (χ4v) is 2.91. The lowest BCUT2D eigenvalue weighted by molar-refractivity contribution is 0.206. The molecule has 0 aromatic rings. The van der Waals surface area contributed by atoms with Crippen molar-refractivity contribution < 1.29 is 0 Å². The Bertz CT molecular complexity index is 161. The zero-order valence-corrected chi connectivity index (χ0v) is 11.1. The zero-order chi connectivity index (χ0) is 11.1. The van der Waals surface area contributed by atoms with Gasteiger partial charge in [-0.2, -0.15) is 0 Å². The van der Waals surface area contributed by atoms with E-state index in [9.17, 15) is 0 Å². The van der Waals surface area contributed by atoms with Crippen molar-refractivity contribution in [3.05, 3.63) is 0 Å². The van der Waals surface area contributed by atoms with Crippen LogP contribution >= 0.6 is 11.6 Å². The van der Waals surface area contributed by atoms with Crippen LogP contribution in [0.4, 0.5) is 0 Å². The summed E-state index contributed by atoms with van der Waals surface area (Å²) in [6.45, 7) is 7.30. The van der Waals surface area contributed by atoms with Gasteiger partial charge < -0.3 is 4.90 Å². The third-order valence-corrected chi connectivity index (χ3v) is 3.76. The van der Waals surface area contributed by atoms with Gasteiger partial charge in [0.15, 0.2) is 0 Å². The van der Waals surface area contributed by atoms with Crippen molar-refractivity contribution in [3.8, 4) is 0 Å². The van der Waals surface area contributed by atoms with Crippen LogP contribution in [0.25, 0.3) is 0 Å². The largest absolute Gasteiger partial charge is 0.300 e. The van der Waals surface area contributed by atoms with Gasteiger partial charge in [-0.05, 0) is 44.6 Å². The first kappa shape index (κ1) is 13.3. The normalized spacial score (nSPS) is 24.6. The minimum atomic E-state index is 0.828. The number of hydrogen-bond donors (Lipinski definition) is 0. The molecule has 1 fully saturated rings. The van der Waals surface area contributed by atoms with Crippen LogP contribution in [0.3, 0.4) is 0 Å². The molecule has 0 aromatic carbocycles. The lowest BCUT2D eigenvalue weighted by atomic mass is 10.0. The molecule has 1 rings (SSSR count). The summed E-state index contributed by atoms with van der Waals surface area (Å²) in [5.41, 5.74) is 0. The Morgan fingerprint density at radius 2 is 2.27 bits per heavy atom. The van der Waals surface area contributed by atoms with E-state index in [0.717, 1.165) is 17.8 Å². The van der Waals surface area contributed by atoms with Crippen molar-refractivity contribution in [1.29, 1.82) is 0 Å². The topological polar surface area (TPSA) is 3.24 Å². The maximum Gasteiger partial charge on any atom is 0.0224 e. The van der Waals surface area contributed by atoms with E-state index < -0.39 is 0 Å². The predicted molar refractivity (Wildman–Crippen MR) is 68.6 cm³/mol. The second kappa shape index (κ2) is 7.51. The van der Waals surface area contributed by atoms with E-state index in [0.29, 0.717) is 0 Å². The molecule has 2 atom stereocenters. The van der Waals surface area contributed by atoms with E-state index in [4.69, 9.17) is 11.6 Å². The monoisotopic (exact) mass is 231 g/mol. The van der Waals surface area contributed by atoms with Gasteiger partial charge in [0.2, 0.25) is 0 Å². The minimum Gasteiger partial charge on any atom is -0.300 e. The molecule has 2 heteroatoms. The number of hydrogen-bond acceptors (Lipinski definition) is 1. The van der Waals surface area contributed by atoms with Gasteiger partial charge in [-0.25, -0.2) is 0 Å². The van der Waals surface area contributed by atoms with Crippen molar-refractivity contribution in [1.82, 2.24) is 4.90 Å². The molecule has 1 heterocycles. The highest BCUT2D eigenvalue weighted by Gasteiger charge is 2.24. The maximum atomic E-state index is 5.76. The third-order valence-electron chi connectivity index (χ3n) is 3.50. The summed E-state index contributed by atoms with van der Waals surface area (Å²) < 4.78 is 0. The van der Waals surface area contributed by atoms with Gasteiger partial charge in [0.1, 0.15) is 0 Å². The zero-order valence-electron chi connectivity index (χ0n) is 10.3. The summed E-state index contributed by atoms with van der Waals surface area (Å²) in [7, 11) is 0. The first-order chi connectivity index (χ1) is 7.27. The van der Waals surface area contributed by atoms with Crippen molar-refractivity contribution in [2.75, 3.05) is 19.0 Å². The number of halogens is 1. The predicted octanol–water partition coefficient (Wildman–Crippen LogP) is 3.91. The maximum absolute atomic E-state index is 5.76. The molecule has 1 aliphatic rings. The lowest BCUT2D eigenvalue weighted by Crippen LogP contribution is -2.33. The van der Waals surface area contributed by atoms with E-state index in [2.05, 4.69) is 18.7 Å². The standard InChI is InChI=1S/C13H26ClN/c1-3-6-12(2)11-15-10-5-8-13(15)7-4-9-14/h12-13H,3-11H2,1-2H3. The van der Waals surface area contributed by atoms with Crippen molar-refractivity contribution in [3.63, 3.8) is 0 Å². The Kier molecular flexibility index (Phi) is 6.67. The fraction of sp³-hybridized carbons (Fsp3) is 1.00. The first-order valence-electron chi connectivity index (χ1n) is 6.58. The summed E-state index contributed by atoms with van der Waals surface area (Å²) in [6.07, 6.45) is 7.98. The first-order valence-corrected chi connectivity index (χ1v) is 7.11. The van der Waals surface area contributed by atoms with Crippen LogP contribution < -0.4 is 0 Å². The highest BCUT2D eigenvalue weighted by molar-refractivity contribution is 6.17. The Hall–Kier alpha value is 0.250. The molecule has 15 heavy (non-hydrogen) atoms. The van der Waals surface area contributed by atoms with Crippen LogP contribution in [0.15, 0.2) is 0 Å². The molecule has 1 saturated heterocycles. The second-order valence-electron chi connectivity index (χ2n) is 5.02. The molecule has 0 N–H and O–H groups in total. The Morgan fingerprint density at radius 3 is 2.93 bits per heavy atom. The third kappa shape index (κ3) is 4.74. The molecular formula is C13H26ClN. The highest BCUT2D eigenvalue weighted by atomic mass is 35.5. The average Bonchev–Trinajstić information content (AvgIpc) is 2.63. The van der Waals surface area contributed by atoms with Gasteiger partial charge in [-0.15, -0.1) is 11.6 Å². The summed E-state index contributed by atoms with van der Waals surface area (Å²) in [6, 6.07) is 0.836. The van der Waals surface area contributed by atoms with E-state index in [1.165, 1.54) is 51.6 Å². The summed E-state index contributed by atoms with van der Waals surface area (Å²) in [5, 5.41) is 0. The van der Waals surface area contributed by atoms with Crippen LogP contribution in [0.2, 0.25) is 0 Å². The lowest BCUT2D eigenvalue weighted by Gasteiger charge is -2.27. The summed E-state index contributed by atoms with van der Waals surface area (Å²) >= 11 is 5.76. The number of rotatable bonds is 7. The van der Waals surface area contributed by atoms with Gasteiger partial charge in [0.25, 0.3) is 0 Å². The van der Waals surface area contributed by atoms with E-state index >= 15 is 0 Å². The molecule has 0 saturated carbocycles. The van der Waals surface area contributed by atoms with Crippen LogP contribution in [0, 0.1) is 5.92 Å². The molecule has 0 aliphatic carbocycles. The van der Waals surface area contributed by atoms with Crippen LogP contribution in [0.5, 0.6) is 0 Å². The molecule has 2 unspecified atom stereocenters. The Balaban J connectivity index is 2.26. The Labute approximate surface area is 100 Å². The molecule has 0 bridgehead atoms. The van der Waals surface area contributed by atoms with E-state index in [-0.39, 0.29) is 0 Å². The van der Waals surface area contributed by atoms with Gasteiger partial charge in [-0.3, -0.25) is 0 Å². The van der Waals surface area contributed by atoms with Gasteiger partial charge in [0.05, 0.1) is 0 Å². The second-order valence-corrected chi connectivity index (χ2v) is 5.39. The van der Waals surface area contributed by atoms with E-state index in [1.807, 2.05) is 0 Å². The molecule has 1 nitrogen and oxygen atoms in total. The Morgan fingerprint density at radius 1 is 1.47 bits per heavy atom. The summed E-state index contributed by atoms with van der Waals surface area (Å²) in [5.74, 6) is 1.70. The quantitative estimate of drug-likeness (QED) is 0.601. The average molecular weight is 232 g/mol. The highest BCUT2D eigenvalue weighted by Crippen LogP contribution is 2.23. The molecule has 0 amide bonds. The number of alkyl halides is 1. The molecule has 90 valence electrons. The molecule has 0 aromatic heterocycles. The van der Waals surface area contributed by atoms with Gasteiger partial charge in [0, 0.05) is 18.5 Å². The number of likely N-dealkylation sites (tertiary alicyclic amines) is 1.